The van der Waals surface area contributed by atoms with Gasteiger partial charge in [-0.05, 0) is 27.3 Å². The zero-order chi connectivity index (χ0) is 13.3. The van der Waals surface area contributed by atoms with Crippen LogP contribution in [-0.4, -0.2) is 48.5 Å². The van der Waals surface area contributed by atoms with Crippen molar-refractivity contribution in [3.05, 3.63) is 12.0 Å². The molecule has 1 aliphatic rings. The molecule has 102 valence electrons. The van der Waals surface area contributed by atoms with Crippen LogP contribution in [0.1, 0.15) is 19.2 Å². The minimum absolute atomic E-state index is 0.165. The average molecular weight is 272 g/mol. The SMILES string of the molecule is CCn1cc(S(=O)(=O)N2CCC(NC)C2)nc1C. The van der Waals surface area contributed by atoms with Crippen molar-refractivity contribution in [1.29, 1.82) is 0 Å². The lowest BCUT2D eigenvalue weighted by Crippen LogP contribution is -2.33. The van der Waals surface area contributed by atoms with Crippen molar-refractivity contribution < 1.29 is 8.42 Å². The number of nitrogens with one attached hydrogen (secondary N) is 1. The predicted octanol–water partition coefficient (Wildman–Crippen LogP) is 0.194. The Balaban J connectivity index is 2.25. The number of hydrogen-bond acceptors (Lipinski definition) is 4. The normalized spacial score (nSPS) is 21.6. The summed E-state index contributed by atoms with van der Waals surface area (Å²) in [5.41, 5.74) is 0. The van der Waals surface area contributed by atoms with E-state index in [4.69, 9.17) is 0 Å². The van der Waals surface area contributed by atoms with E-state index in [9.17, 15) is 8.42 Å². The summed E-state index contributed by atoms with van der Waals surface area (Å²) < 4.78 is 28.2. The molecule has 1 unspecified atom stereocenters. The fourth-order valence-corrected chi connectivity index (χ4v) is 3.73. The molecule has 0 saturated carbocycles. The average Bonchev–Trinajstić information content (AvgIpc) is 2.95. The van der Waals surface area contributed by atoms with Crippen LogP contribution in [-0.2, 0) is 16.6 Å². The molecule has 1 aromatic heterocycles. The van der Waals surface area contributed by atoms with E-state index in [2.05, 4.69) is 10.3 Å². The van der Waals surface area contributed by atoms with Gasteiger partial charge in [-0.15, -0.1) is 0 Å². The minimum atomic E-state index is -3.43. The molecule has 0 aliphatic carbocycles. The molecule has 2 rings (SSSR count). The summed E-state index contributed by atoms with van der Waals surface area (Å²) in [7, 11) is -1.57. The molecule has 6 nitrogen and oxygen atoms in total. The first-order valence-electron chi connectivity index (χ1n) is 6.20. The molecule has 7 heteroatoms. The van der Waals surface area contributed by atoms with Gasteiger partial charge in [0, 0.05) is 31.9 Å². The van der Waals surface area contributed by atoms with Crippen LogP contribution in [0, 0.1) is 6.92 Å². The Bertz CT molecular complexity index is 523. The Morgan fingerprint density at radius 3 is 2.78 bits per heavy atom. The standard InChI is InChI=1S/C11H20N4O2S/c1-4-14-8-11(13-9(14)2)18(16,17)15-6-5-10(7-15)12-3/h8,10,12H,4-7H2,1-3H3. The smallest absolute Gasteiger partial charge is 0.262 e. The van der Waals surface area contributed by atoms with Crippen LogP contribution < -0.4 is 5.32 Å². The van der Waals surface area contributed by atoms with Crippen molar-refractivity contribution >= 4 is 10.0 Å². The monoisotopic (exact) mass is 272 g/mol. The lowest BCUT2D eigenvalue weighted by atomic mass is 10.3. The summed E-state index contributed by atoms with van der Waals surface area (Å²) >= 11 is 0. The molecule has 1 aromatic rings. The van der Waals surface area contributed by atoms with Gasteiger partial charge in [-0.25, -0.2) is 13.4 Å². The second-order valence-electron chi connectivity index (χ2n) is 4.55. The van der Waals surface area contributed by atoms with Crippen LogP contribution in [0.5, 0.6) is 0 Å². The molecule has 1 atom stereocenters. The number of rotatable bonds is 4. The highest BCUT2D eigenvalue weighted by molar-refractivity contribution is 7.89. The zero-order valence-corrected chi connectivity index (χ0v) is 11.9. The third-order valence-electron chi connectivity index (χ3n) is 3.46. The van der Waals surface area contributed by atoms with E-state index in [-0.39, 0.29) is 11.1 Å². The fourth-order valence-electron chi connectivity index (χ4n) is 2.24. The molecule has 0 radical (unpaired) electrons. The van der Waals surface area contributed by atoms with Gasteiger partial charge in [0.05, 0.1) is 0 Å². The number of hydrogen-bond donors (Lipinski definition) is 1. The molecule has 1 N–H and O–H groups in total. The maximum Gasteiger partial charge on any atom is 0.262 e. The summed E-state index contributed by atoms with van der Waals surface area (Å²) in [6.07, 6.45) is 2.47. The molecule has 0 spiro atoms. The zero-order valence-electron chi connectivity index (χ0n) is 11.0. The number of aryl methyl sites for hydroxylation is 2. The van der Waals surface area contributed by atoms with E-state index >= 15 is 0 Å². The van der Waals surface area contributed by atoms with Crippen molar-refractivity contribution in [3.63, 3.8) is 0 Å². The van der Waals surface area contributed by atoms with E-state index in [0.29, 0.717) is 13.1 Å². The minimum Gasteiger partial charge on any atom is -0.334 e. The summed E-state index contributed by atoms with van der Waals surface area (Å²) in [6, 6.07) is 0.245. The fraction of sp³-hybridized carbons (Fsp3) is 0.727. The molecule has 0 aromatic carbocycles. The molecular weight excluding hydrogens is 252 g/mol. The van der Waals surface area contributed by atoms with E-state index in [0.717, 1.165) is 18.8 Å². The number of sulfonamides is 1. The van der Waals surface area contributed by atoms with Gasteiger partial charge in [0.25, 0.3) is 10.0 Å². The first kappa shape index (κ1) is 13.5. The highest BCUT2D eigenvalue weighted by Gasteiger charge is 2.33. The van der Waals surface area contributed by atoms with Gasteiger partial charge >= 0.3 is 0 Å². The van der Waals surface area contributed by atoms with Gasteiger partial charge in [-0.2, -0.15) is 4.31 Å². The molecule has 2 heterocycles. The predicted molar refractivity (Wildman–Crippen MR) is 68.9 cm³/mol. The second kappa shape index (κ2) is 4.99. The van der Waals surface area contributed by atoms with Crippen LogP contribution in [0.15, 0.2) is 11.2 Å². The Kier molecular flexibility index (Phi) is 3.74. The van der Waals surface area contributed by atoms with E-state index in [1.165, 1.54) is 4.31 Å². The van der Waals surface area contributed by atoms with Gasteiger partial charge in [-0.1, -0.05) is 0 Å². The lowest BCUT2D eigenvalue weighted by molar-refractivity contribution is 0.462. The molecule has 0 amide bonds. The summed E-state index contributed by atoms with van der Waals surface area (Å²) in [4.78, 5) is 4.16. The molecule has 1 saturated heterocycles. The van der Waals surface area contributed by atoms with Crippen LogP contribution >= 0.6 is 0 Å². The van der Waals surface area contributed by atoms with Gasteiger partial charge < -0.3 is 9.88 Å². The molecule has 18 heavy (non-hydrogen) atoms. The van der Waals surface area contributed by atoms with Gasteiger partial charge in [-0.3, -0.25) is 0 Å². The summed E-state index contributed by atoms with van der Waals surface area (Å²) in [6.45, 7) is 5.61. The van der Waals surface area contributed by atoms with Crippen molar-refractivity contribution in [2.75, 3.05) is 20.1 Å². The van der Waals surface area contributed by atoms with Crippen LogP contribution in [0.2, 0.25) is 0 Å². The van der Waals surface area contributed by atoms with Gasteiger partial charge in [0.1, 0.15) is 5.82 Å². The third kappa shape index (κ3) is 2.30. The second-order valence-corrected chi connectivity index (χ2v) is 6.43. The highest BCUT2D eigenvalue weighted by atomic mass is 32.2. The van der Waals surface area contributed by atoms with Crippen molar-refractivity contribution in [3.8, 4) is 0 Å². The first-order chi connectivity index (χ1) is 8.48. The van der Waals surface area contributed by atoms with Crippen LogP contribution in [0.4, 0.5) is 0 Å². The van der Waals surface area contributed by atoms with Crippen LogP contribution in [0.3, 0.4) is 0 Å². The maximum atomic E-state index is 12.4. The summed E-state index contributed by atoms with van der Waals surface area (Å²) in [5.74, 6) is 0.737. The first-order valence-corrected chi connectivity index (χ1v) is 7.64. The third-order valence-corrected chi connectivity index (χ3v) is 5.19. The molecule has 1 fully saturated rings. The Morgan fingerprint density at radius 1 is 1.56 bits per heavy atom. The topological polar surface area (TPSA) is 67.2 Å². The van der Waals surface area contributed by atoms with Crippen molar-refractivity contribution in [1.82, 2.24) is 19.2 Å². The lowest BCUT2D eigenvalue weighted by Gasteiger charge is -2.14. The number of aromatic nitrogens is 2. The number of likely N-dealkylation sites (N-methyl/N-ethyl adjacent to an activating group) is 1. The largest absolute Gasteiger partial charge is 0.334 e. The highest BCUT2D eigenvalue weighted by Crippen LogP contribution is 2.20. The molecule has 0 bridgehead atoms. The van der Waals surface area contributed by atoms with E-state index in [1.807, 2.05) is 25.5 Å². The molecule has 1 aliphatic heterocycles. The Morgan fingerprint density at radius 2 is 2.28 bits per heavy atom. The molecular formula is C11H20N4O2S. The van der Waals surface area contributed by atoms with E-state index < -0.39 is 10.0 Å². The Labute approximate surface area is 108 Å². The van der Waals surface area contributed by atoms with Crippen molar-refractivity contribution in [2.24, 2.45) is 0 Å². The van der Waals surface area contributed by atoms with Crippen molar-refractivity contribution in [2.45, 2.75) is 37.9 Å². The van der Waals surface area contributed by atoms with Crippen LogP contribution in [0.25, 0.3) is 0 Å². The maximum absolute atomic E-state index is 12.4. The van der Waals surface area contributed by atoms with E-state index in [1.54, 1.807) is 6.20 Å². The van der Waals surface area contributed by atoms with Gasteiger partial charge in [0.15, 0.2) is 5.03 Å². The quantitative estimate of drug-likeness (QED) is 0.850. The number of nitrogens with zero attached hydrogens (tertiary/aromatic N) is 3. The Hall–Kier alpha value is -0.920. The number of imidazole rings is 1. The van der Waals surface area contributed by atoms with Gasteiger partial charge in [0.2, 0.25) is 0 Å². The summed E-state index contributed by atoms with van der Waals surface area (Å²) in [5, 5.41) is 3.28.